The SMILES string of the molecule is CC(C)(C)C(=O)OC1COCC1OC(=O)C(C)(C)C. The van der Waals surface area contributed by atoms with Crippen molar-refractivity contribution in [2.24, 2.45) is 10.8 Å². The summed E-state index contributed by atoms with van der Waals surface area (Å²) >= 11 is 0. The fourth-order valence-electron chi connectivity index (χ4n) is 1.36. The molecule has 2 unspecified atom stereocenters. The summed E-state index contributed by atoms with van der Waals surface area (Å²) in [7, 11) is 0. The molecule has 0 amide bonds. The highest BCUT2D eigenvalue weighted by molar-refractivity contribution is 5.76. The number of esters is 2. The van der Waals surface area contributed by atoms with E-state index in [9.17, 15) is 9.59 Å². The van der Waals surface area contributed by atoms with Crippen molar-refractivity contribution >= 4 is 11.9 Å². The van der Waals surface area contributed by atoms with Gasteiger partial charge in [0.15, 0.2) is 12.2 Å². The molecule has 0 saturated carbocycles. The van der Waals surface area contributed by atoms with Gasteiger partial charge >= 0.3 is 11.9 Å². The van der Waals surface area contributed by atoms with E-state index < -0.39 is 23.0 Å². The van der Waals surface area contributed by atoms with Crippen LogP contribution in [-0.2, 0) is 23.8 Å². The molecule has 1 aliphatic heterocycles. The van der Waals surface area contributed by atoms with Crippen molar-refractivity contribution in [2.75, 3.05) is 13.2 Å². The number of rotatable bonds is 2. The lowest BCUT2D eigenvalue weighted by molar-refractivity contribution is -0.173. The summed E-state index contributed by atoms with van der Waals surface area (Å²) in [5.41, 5.74) is -1.16. The average Bonchev–Trinajstić information content (AvgIpc) is 2.62. The largest absolute Gasteiger partial charge is 0.455 e. The third-order valence-corrected chi connectivity index (χ3v) is 2.72. The van der Waals surface area contributed by atoms with Gasteiger partial charge in [-0.15, -0.1) is 0 Å². The van der Waals surface area contributed by atoms with Crippen molar-refractivity contribution in [3.05, 3.63) is 0 Å². The molecule has 0 aromatic heterocycles. The second kappa shape index (κ2) is 5.49. The molecular formula is C14H24O5. The van der Waals surface area contributed by atoms with Crippen molar-refractivity contribution in [1.82, 2.24) is 0 Å². The highest BCUT2D eigenvalue weighted by Gasteiger charge is 2.38. The van der Waals surface area contributed by atoms with Gasteiger partial charge in [-0.1, -0.05) is 0 Å². The summed E-state index contributed by atoms with van der Waals surface area (Å²) in [4.78, 5) is 23.7. The van der Waals surface area contributed by atoms with Gasteiger partial charge < -0.3 is 14.2 Å². The first-order chi connectivity index (χ1) is 8.51. The van der Waals surface area contributed by atoms with Gasteiger partial charge in [-0.2, -0.15) is 0 Å². The van der Waals surface area contributed by atoms with E-state index in [-0.39, 0.29) is 25.2 Å². The quantitative estimate of drug-likeness (QED) is 0.719. The zero-order valence-corrected chi connectivity index (χ0v) is 12.6. The molecule has 19 heavy (non-hydrogen) atoms. The molecule has 0 aliphatic carbocycles. The molecule has 0 bridgehead atoms. The molecule has 1 fully saturated rings. The van der Waals surface area contributed by atoms with E-state index in [2.05, 4.69) is 0 Å². The Kier molecular flexibility index (Phi) is 4.61. The van der Waals surface area contributed by atoms with Gasteiger partial charge in [-0.3, -0.25) is 9.59 Å². The van der Waals surface area contributed by atoms with Crippen LogP contribution >= 0.6 is 0 Å². The zero-order chi connectivity index (χ0) is 14.8. The van der Waals surface area contributed by atoms with E-state index in [0.717, 1.165) is 0 Å². The molecule has 5 nitrogen and oxygen atoms in total. The van der Waals surface area contributed by atoms with E-state index in [1.807, 2.05) is 0 Å². The smallest absolute Gasteiger partial charge is 0.311 e. The molecule has 1 aliphatic rings. The van der Waals surface area contributed by atoms with Gasteiger partial charge in [0.1, 0.15) is 0 Å². The first kappa shape index (κ1) is 16.0. The number of hydrogen-bond acceptors (Lipinski definition) is 5. The molecule has 5 heteroatoms. The van der Waals surface area contributed by atoms with Crippen LogP contribution in [-0.4, -0.2) is 37.4 Å². The number of carbonyl (C=O) groups excluding carboxylic acids is 2. The Bertz CT molecular complexity index is 314. The summed E-state index contributed by atoms with van der Waals surface area (Å²) in [6.07, 6.45) is -1.03. The molecule has 0 N–H and O–H groups in total. The molecule has 1 saturated heterocycles. The van der Waals surface area contributed by atoms with Gasteiger partial charge in [0.2, 0.25) is 0 Å². The lowest BCUT2D eigenvalue weighted by Crippen LogP contribution is -2.39. The maximum Gasteiger partial charge on any atom is 0.311 e. The van der Waals surface area contributed by atoms with Gasteiger partial charge in [0.05, 0.1) is 24.0 Å². The van der Waals surface area contributed by atoms with Crippen LogP contribution in [0.3, 0.4) is 0 Å². The van der Waals surface area contributed by atoms with Gasteiger partial charge in [-0.05, 0) is 41.5 Å². The Balaban J connectivity index is 2.60. The molecule has 0 radical (unpaired) electrons. The number of hydrogen-bond donors (Lipinski definition) is 0. The van der Waals surface area contributed by atoms with E-state index in [1.165, 1.54) is 0 Å². The first-order valence-electron chi connectivity index (χ1n) is 6.52. The lowest BCUT2D eigenvalue weighted by atomic mass is 9.97. The van der Waals surface area contributed by atoms with Crippen LogP contribution in [0, 0.1) is 10.8 Å². The van der Waals surface area contributed by atoms with E-state index in [1.54, 1.807) is 41.5 Å². The van der Waals surface area contributed by atoms with Crippen molar-refractivity contribution in [1.29, 1.82) is 0 Å². The predicted octanol–water partition coefficient (Wildman–Crippen LogP) is 1.93. The Labute approximate surface area is 114 Å². The molecule has 2 atom stereocenters. The summed E-state index contributed by atoms with van der Waals surface area (Å²) < 4.78 is 16.0. The van der Waals surface area contributed by atoms with Crippen molar-refractivity contribution in [3.63, 3.8) is 0 Å². The van der Waals surface area contributed by atoms with Crippen LogP contribution < -0.4 is 0 Å². The standard InChI is InChI=1S/C14H24O5/c1-13(2,3)11(15)18-9-7-17-8-10(9)19-12(16)14(4,5)6/h9-10H,7-8H2,1-6H3. The zero-order valence-electron chi connectivity index (χ0n) is 12.6. The van der Waals surface area contributed by atoms with E-state index >= 15 is 0 Å². The van der Waals surface area contributed by atoms with Crippen LogP contribution in [0.15, 0.2) is 0 Å². The van der Waals surface area contributed by atoms with E-state index in [0.29, 0.717) is 0 Å². The minimum absolute atomic E-state index is 0.268. The van der Waals surface area contributed by atoms with E-state index in [4.69, 9.17) is 14.2 Å². The third kappa shape index (κ3) is 4.49. The van der Waals surface area contributed by atoms with Crippen LogP contribution in [0.1, 0.15) is 41.5 Å². The lowest BCUT2D eigenvalue weighted by Gasteiger charge is -2.25. The molecule has 1 heterocycles. The summed E-state index contributed by atoms with van der Waals surface area (Å²) in [6.45, 7) is 11.2. The second-order valence-corrected chi connectivity index (χ2v) is 6.92. The Morgan fingerprint density at radius 2 is 1.16 bits per heavy atom. The Morgan fingerprint density at radius 1 is 0.842 bits per heavy atom. The molecule has 0 aromatic carbocycles. The summed E-state index contributed by atoms with van der Waals surface area (Å²) in [6, 6.07) is 0. The monoisotopic (exact) mass is 272 g/mol. The van der Waals surface area contributed by atoms with Gasteiger partial charge in [0, 0.05) is 0 Å². The molecule has 0 aromatic rings. The number of carbonyl (C=O) groups is 2. The van der Waals surface area contributed by atoms with Crippen LogP contribution in [0.5, 0.6) is 0 Å². The number of ether oxygens (including phenoxy) is 3. The third-order valence-electron chi connectivity index (χ3n) is 2.72. The molecule has 0 spiro atoms. The molecular weight excluding hydrogens is 248 g/mol. The van der Waals surface area contributed by atoms with Crippen LogP contribution in [0.25, 0.3) is 0 Å². The van der Waals surface area contributed by atoms with Gasteiger partial charge in [-0.25, -0.2) is 0 Å². The normalized spacial score (nSPS) is 24.1. The highest BCUT2D eigenvalue weighted by Crippen LogP contribution is 2.23. The van der Waals surface area contributed by atoms with Crippen LogP contribution in [0.4, 0.5) is 0 Å². The minimum Gasteiger partial charge on any atom is -0.455 e. The first-order valence-corrected chi connectivity index (χ1v) is 6.52. The minimum atomic E-state index is -0.582. The fraction of sp³-hybridized carbons (Fsp3) is 0.857. The average molecular weight is 272 g/mol. The predicted molar refractivity (Wildman–Crippen MR) is 69.5 cm³/mol. The van der Waals surface area contributed by atoms with Crippen molar-refractivity contribution in [2.45, 2.75) is 53.8 Å². The Hall–Kier alpha value is -1.10. The maximum atomic E-state index is 11.8. The topological polar surface area (TPSA) is 61.8 Å². The summed E-state index contributed by atoms with van der Waals surface area (Å²) in [5.74, 6) is -0.639. The molecule has 1 rings (SSSR count). The molecule has 110 valence electrons. The van der Waals surface area contributed by atoms with Crippen LogP contribution in [0.2, 0.25) is 0 Å². The Morgan fingerprint density at radius 3 is 1.42 bits per heavy atom. The van der Waals surface area contributed by atoms with Crippen molar-refractivity contribution in [3.8, 4) is 0 Å². The maximum absolute atomic E-state index is 11.8. The fourth-order valence-corrected chi connectivity index (χ4v) is 1.36. The highest BCUT2D eigenvalue weighted by atomic mass is 16.6. The van der Waals surface area contributed by atoms with Crippen molar-refractivity contribution < 1.29 is 23.8 Å². The summed E-state index contributed by atoms with van der Waals surface area (Å²) in [5, 5.41) is 0. The second-order valence-electron chi connectivity index (χ2n) is 6.92. The van der Waals surface area contributed by atoms with Gasteiger partial charge in [0.25, 0.3) is 0 Å².